The monoisotopic (exact) mass is 529 g/mol. The molecule has 0 saturated carbocycles. The first-order valence-corrected chi connectivity index (χ1v) is 9.30. The summed E-state index contributed by atoms with van der Waals surface area (Å²) in [5.74, 6) is -1.19. The fourth-order valence-electron chi connectivity index (χ4n) is 2.17. The standard InChI is InChI=1S/C18H16IN3O8/c1-28-15-7-11(6-12(19)18(15)30-10-17(24)25)8-20-21-16(23)9-29-14-5-3-2-4-13(14)22(26)27/h2-8H,9-10H2,1H3,(H,21,23)(H,24,25)/b20-8+. The number of rotatable bonds is 10. The Morgan fingerprint density at radius 1 is 1.23 bits per heavy atom. The van der Waals surface area contributed by atoms with Gasteiger partial charge < -0.3 is 19.3 Å². The molecule has 0 aromatic heterocycles. The van der Waals surface area contributed by atoms with E-state index >= 15 is 0 Å². The lowest BCUT2D eigenvalue weighted by Gasteiger charge is -2.12. The van der Waals surface area contributed by atoms with Crippen LogP contribution in [0, 0.1) is 13.7 Å². The number of amides is 1. The van der Waals surface area contributed by atoms with Gasteiger partial charge in [-0.1, -0.05) is 12.1 Å². The van der Waals surface area contributed by atoms with Crippen LogP contribution in [-0.2, 0) is 9.59 Å². The Bertz CT molecular complexity index is 980. The van der Waals surface area contributed by atoms with E-state index in [0.29, 0.717) is 14.9 Å². The van der Waals surface area contributed by atoms with E-state index in [1.807, 2.05) is 22.6 Å². The van der Waals surface area contributed by atoms with Crippen molar-refractivity contribution < 1.29 is 33.8 Å². The number of hydrazone groups is 1. The summed E-state index contributed by atoms with van der Waals surface area (Å²) in [6.07, 6.45) is 1.34. The van der Waals surface area contributed by atoms with Crippen LogP contribution in [0.1, 0.15) is 5.56 Å². The zero-order chi connectivity index (χ0) is 22.1. The number of nitro groups is 1. The minimum atomic E-state index is -1.12. The third kappa shape index (κ3) is 6.58. The molecule has 0 aliphatic carbocycles. The van der Waals surface area contributed by atoms with E-state index in [9.17, 15) is 19.7 Å². The molecule has 11 nitrogen and oxygen atoms in total. The second kappa shape index (κ2) is 10.9. The second-order valence-corrected chi connectivity index (χ2v) is 6.69. The third-order valence-corrected chi connectivity index (χ3v) is 4.22. The number of nitrogens with one attached hydrogen (secondary N) is 1. The number of nitrogens with zero attached hydrogens (tertiary/aromatic N) is 2. The summed E-state index contributed by atoms with van der Waals surface area (Å²) < 4.78 is 16.2. The highest BCUT2D eigenvalue weighted by Crippen LogP contribution is 2.33. The van der Waals surface area contributed by atoms with Crippen LogP contribution in [0.3, 0.4) is 0 Å². The van der Waals surface area contributed by atoms with Gasteiger partial charge in [-0.2, -0.15) is 5.10 Å². The summed E-state index contributed by atoms with van der Waals surface area (Å²) >= 11 is 1.95. The predicted octanol–water partition coefficient (Wildman–Crippen LogP) is 2.20. The van der Waals surface area contributed by atoms with Crippen molar-refractivity contribution in [3.8, 4) is 17.2 Å². The van der Waals surface area contributed by atoms with Crippen molar-refractivity contribution in [2.75, 3.05) is 20.3 Å². The number of carbonyl (C=O) groups excluding carboxylic acids is 1. The van der Waals surface area contributed by atoms with Crippen LogP contribution in [0.15, 0.2) is 41.5 Å². The molecule has 2 aromatic rings. The van der Waals surface area contributed by atoms with Crippen molar-refractivity contribution in [2.45, 2.75) is 0 Å². The van der Waals surface area contributed by atoms with Gasteiger partial charge in [0, 0.05) is 6.07 Å². The fourth-order valence-corrected chi connectivity index (χ4v) is 2.95. The first-order chi connectivity index (χ1) is 14.3. The zero-order valence-electron chi connectivity index (χ0n) is 15.5. The van der Waals surface area contributed by atoms with E-state index in [1.54, 1.807) is 18.2 Å². The van der Waals surface area contributed by atoms with Crippen LogP contribution < -0.4 is 19.6 Å². The molecular weight excluding hydrogens is 513 g/mol. The number of hydrogen-bond donors (Lipinski definition) is 2. The van der Waals surface area contributed by atoms with Crippen molar-refractivity contribution in [1.82, 2.24) is 5.43 Å². The molecule has 0 spiro atoms. The third-order valence-electron chi connectivity index (χ3n) is 3.42. The number of carboxylic acid groups (broad SMARTS) is 1. The van der Waals surface area contributed by atoms with Crippen molar-refractivity contribution in [3.63, 3.8) is 0 Å². The topological polar surface area (TPSA) is 150 Å². The number of aliphatic carboxylic acids is 1. The molecule has 0 atom stereocenters. The summed E-state index contributed by atoms with van der Waals surface area (Å²) in [6, 6.07) is 8.90. The number of carbonyl (C=O) groups is 2. The van der Waals surface area contributed by atoms with Gasteiger partial charge in [-0.15, -0.1) is 0 Å². The fraction of sp³-hybridized carbons (Fsp3) is 0.167. The number of halogens is 1. The number of methoxy groups -OCH3 is 1. The van der Waals surface area contributed by atoms with E-state index < -0.39 is 30.0 Å². The lowest BCUT2D eigenvalue weighted by molar-refractivity contribution is -0.385. The molecule has 0 saturated heterocycles. The average Bonchev–Trinajstić information content (AvgIpc) is 2.71. The van der Waals surface area contributed by atoms with Crippen LogP contribution in [0.4, 0.5) is 5.69 Å². The molecular formula is C18H16IN3O8. The molecule has 0 radical (unpaired) electrons. The number of hydrogen-bond acceptors (Lipinski definition) is 8. The smallest absolute Gasteiger partial charge is 0.341 e. The Morgan fingerprint density at radius 3 is 2.63 bits per heavy atom. The van der Waals surface area contributed by atoms with E-state index in [0.717, 1.165) is 0 Å². The van der Waals surface area contributed by atoms with Crippen molar-refractivity contribution >= 4 is 46.4 Å². The van der Waals surface area contributed by atoms with Gasteiger partial charge in [0.05, 0.1) is 21.8 Å². The average molecular weight is 529 g/mol. The summed E-state index contributed by atoms with van der Waals surface area (Å²) in [6.45, 7) is -0.986. The summed E-state index contributed by atoms with van der Waals surface area (Å²) in [5, 5.41) is 23.5. The maximum Gasteiger partial charge on any atom is 0.341 e. The number of carboxylic acids is 1. The van der Waals surface area contributed by atoms with E-state index in [-0.39, 0.29) is 17.2 Å². The lowest BCUT2D eigenvalue weighted by atomic mass is 10.2. The molecule has 0 bridgehead atoms. The van der Waals surface area contributed by atoms with Crippen molar-refractivity contribution in [1.29, 1.82) is 0 Å². The SMILES string of the molecule is COc1cc(/C=N/NC(=O)COc2ccccc2[N+](=O)[O-])cc(I)c1OCC(=O)O. The van der Waals surface area contributed by atoms with Gasteiger partial charge in [0.25, 0.3) is 5.91 Å². The highest BCUT2D eigenvalue weighted by molar-refractivity contribution is 14.1. The van der Waals surface area contributed by atoms with Crippen LogP contribution in [0.25, 0.3) is 0 Å². The summed E-state index contributed by atoms with van der Waals surface area (Å²) in [7, 11) is 1.40. The van der Waals surface area contributed by atoms with Gasteiger partial charge in [-0.25, -0.2) is 10.2 Å². The van der Waals surface area contributed by atoms with E-state index in [2.05, 4.69) is 10.5 Å². The van der Waals surface area contributed by atoms with E-state index in [4.69, 9.17) is 19.3 Å². The summed E-state index contributed by atoms with van der Waals surface area (Å²) in [4.78, 5) is 32.9. The van der Waals surface area contributed by atoms with Gasteiger partial charge >= 0.3 is 11.7 Å². The first kappa shape index (κ1) is 22.9. The first-order valence-electron chi connectivity index (χ1n) is 8.22. The molecule has 0 aliphatic rings. The predicted molar refractivity (Wildman–Crippen MR) is 113 cm³/mol. The van der Waals surface area contributed by atoms with E-state index in [1.165, 1.54) is 31.5 Å². The molecule has 2 N–H and O–H groups in total. The molecule has 0 aliphatic heterocycles. The molecule has 30 heavy (non-hydrogen) atoms. The Kier molecular flexibility index (Phi) is 8.34. The quantitative estimate of drug-likeness (QED) is 0.206. The van der Waals surface area contributed by atoms with Gasteiger partial charge in [0.1, 0.15) is 0 Å². The van der Waals surface area contributed by atoms with Gasteiger partial charge in [0.2, 0.25) is 0 Å². The highest BCUT2D eigenvalue weighted by Gasteiger charge is 2.15. The minimum Gasteiger partial charge on any atom is -0.493 e. The Hall–Kier alpha value is -3.42. The largest absolute Gasteiger partial charge is 0.493 e. The lowest BCUT2D eigenvalue weighted by Crippen LogP contribution is -2.24. The Balaban J connectivity index is 1.98. The van der Waals surface area contributed by atoms with Crippen LogP contribution >= 0.6 is 22.6 Å². The number of nitro benzene ring substituents is 1. The van der Waals surface area contributed by atoms with Gasteiger partial charge in [-0.05, 0) is 46.4 Å². The van der Waals surface area contributed by atoms with Crippen LogP contribution in [0.5, 0.6) is 17.2 Å². The normalized spacial score (nSPS) is 10.5. The van der Waals surface area contributed by atoms with Crippen molar-refractivity contribution in [3.05, 3.63) is 55.6 Å². The summed E-state index contributed by atoms with van der Waals surface area (Å²) in [5.41, 5.74) is 2.55. The number of ether oxygens (including phenoxy) is 3. The maximum atomic E-state index is 11.9. The number of benzene rings is 2. The van der Waals surface area contributed by atoms with Gasteiger partial charge in [-0.3, -0.25) is 14.9 Å². The highest BCUT2D eigenvalue weighted by atomic mass is 127. The number of para-hydroxylation sites is 2. The van der Waals surface area contributed by atoms with Crippen LogP contribution in [0.2, 0.25) is 0 Å². The second-order valence-electron chi connectivity index (χ2n) is 5.52. The molecule has 1 amide bonds. The maximum absolute atomic E-state index is 11.9. The molecule has 2 rings (SSSR count). The van der Waals surface area contributed by atoms with Crippen molar-refractivity contribution in [2.24, 2.45) is 5.10 Å². The molecule has 0 unspecified atom stereocenters. The Labute approximate surface area is 183 Å². The van der Waals surface area contributed by atoms with Crippen LogP contribution in [-0.4, -0.2) is 48.4 Å². The molecule has 12 heteroatoms. The molecule has 0 fully saturated rings. The molecule has 158 valence electrons. The molecule has 0 heterocycles. The van der Waals surface area contributed by atoms with Gasteiger partial charge in [0.15, 0.2) is 30.5 Å². The minimum absolute atomic E-state index is 0.0298. The zero-order valence-corrected chi connectivity index (χ0v) is 17.7. The molecule has 2 aromatic carbocycles. The Morgan fingerprint density at radius 2 is 1.97 bits per heavy atom.